The summed E-state index contributed by atoms with van der Waals surface area (Å²) in [6, 6.07) is 18.3. The van der Waals surface area contributed by atoms with Crippen LogP contribution in [0.4, 0.5) is 4.79 Å². The van der Waals surface area contributed by atoms with Gasteiger partial charge in [-0.05, 0) is 24.0 Å². The van der Waals surface area contributed by atoms with Crippen molar-refractivity contribution in [2.45, 2.75) is 31.4 Å². The van der Waals surface area contributed by atoms with E-state index in [9.17, 15) is 9.59 Å². The Balaban J connectivity index is 1.74. The number of amides is 2. The minimum Gasteiger partial charge on any atom is -0.445 e. The van der Waals surface area contributed by atoms with Crippen LogP contribution < -0.4 is 5.32 Å². The van der Waals surface area contributed by atoms with Crippen LogP contribution in [0.1, 0.15) is 29.9 Å². The van der Waals surface area contributed by atoms with E-state index in [0.29, 0.717) is 13.1 Å². The predicted molar refractivity (Wildman–Crippen MR) is 109 cm³/mol. The van der Waals surface area contributed by atoms with Crippen molar-refractivity contribution >= 4 is 12.0 Å². The lowest BCUT2D eigenvalue weighted by atomic mass is 9.90. The van der Waals surface area contributed by atoms with Crippen LogP contribution in [0.2, 0.25) is 0 Å². The number of hydrogen-bond donors (Lipinski definition) is 1. The summed E-state index contributed by atoms with van der Waals surface area (Å²) in [6.07, 6.45) is 3.08. The van der Waals surface area contributed by atoms with E-state index in [4.69, 9.17) is 4.74 Å². The molecule has 0 unspecified atom stereocenters. The number of nitrogens with one attached hydrogen (secondary N) is 1. The molecule has 0 aromatic heterocycles. The molecule has 0 spiro atoms. The zero-order chi connectivity index (χ0) is 19.8. The summed E-state index contributed by atoms with van der Waals surface area (Å²) in [5.41, 5.74) is 1.82. The lowest BCUT2D eigenvalue weighted by molar-refractivity contribution is -0.132. The van der Waals surface area contributed by atoms with E-state index in [1.165, 1.54) is 0 Å². The molecule has 1 N–H and O–H groups in total. The summed E-state index contributed by atoms with van der Waals surface area (Å²) in [4.78, 5) is 27.4. The van der Waals surface area contributed by atoms with Gasteiger partial charge in [0.05, 0.1) is 0 Å². The highest BCUT2D eigenvalue weighted by molar-refractivity contribution is 5.87. The van der Waals surface area contributed by atoms with Gasteiger partial charge in [0.25, 0.3) is 0 Å². The van der Waals surface area contributed by atoms with Crippen LogP contribution >= 0.6 is 0 Å². The largest absolute Gasteiger partial charge is 0.445 e. The molecule has 0 saturated carbocycles. The zero-order valence-corrected chi connectivity index (χ0v) is 15.9. The SMILES string of the molecule is C=C[C@@H](c1ccccc1)[C@H](NC(=O)OCc1ccccc1)C(=O)N1CCCC1. The van der Waals surface area contributed by atoms with E-state index >= 15 is 0 Å². The number of ether oxygens (including phenoxy) is 1. The summed E-state index contributed by atoms with van der Waals surface area (Å²) in [6.45, 7) is 5.49. The molecule has 5 nitrogen and oxygen atoms in total. The Bertz CT molecular complexity index is 786. The van der Waals surface area contributed by atoms with Gasteiger partial charge in [0, 0.05) is 19.0 Å². The third kappa shape index (κ3) is 5.00. The predicted octanol–water partition coefficient (Wildman–Crippen LogP) is 3.87. The van der Waals surface area contributed by atoms with Crippen LogP contribution in [0.15, 0.2) is 73.3 Å². The van der Waals surface area contributed by atoms with Crippen molar-refractivity contribution in [3.8, 4) is 0 Å². The zero-order valence-electron chi connectivity index (χ0n) is 15.9. The Labute approximate surface area is 166 Å². The number of benzene rings is 2. The van der Waals surface area contributed by atoms with Gasteiger partial charge < -0.3 is 15.0 Å². The molecule has 0 aliphatic carbocycles. The number of carbonyl (C=O) groups excluding carboxylic acids is 2. The van der Waals surface area contributed by atoms with Crippen molar-refractivity contribution in [3.05, 3.63) is 84.4 Å². The Morgan fingerprint density at radius 3 is 2.25 bits per heavy atom. The molecular formula is C23H26N2O3. The Kier molecular flexibility index (Phi) is 6.84. The van der Waals surface area contributed by atoms with E-state index in [1.54, 1.807) is 6.08 Å². The third-order valence-corrected chi connectivity index (χ3v) is 4.97. The highest BCUT2D eigenvalue weighted by Crippen LogP contribution is 2.24. The van der Waals surface area contributed by atoms with Crippen LogP contribution in [0.3, 0.4) is 0 Å². The van der Waals surface area contributed by atoms with Gasteiger partial charge in [0.2, 0.25) is 5.91 Å². The van der Waals surface area contributed by atoms with Crippen LogP contribution in [-0.2, 0) is 16.1 Å². The second kappa shape index (κ2) is 9.74. The third-order valence-electron chi connectivity index (χ3n) is 4.97. The van der Waals surface area contributed by atoms with Gasteiger partial charge in [-0.15, -0.1) is 6.58 Å². The first-order valence-corrected chi connectivity index (χ1v) is 9.62. The molecule has 2 atom stereocenters. The van der Waals surface area contributed by atoms with Crippen molar-refractivity contribution in [2.75, 3.05) is 13.1 Å². The van der Waals surface area contributed by atoms with E-state index in [-0.39, 0.29) is 18.4 Å². The van der Waals surface area contributed by atoms with Crippen LogP contribution in [0.5, 0.6) is 0 Å². The summed E-state index contributed by atoms with van der Waals surface area (Å²) < 4.78 is 5.35. The first-order valence-electron chi connectivity index (χ1n) is 9.62. The first kappa shape index (κ1) is 19.7. The normalized spacial score (nSPS) is 15.5. The van der Waals surface area contributed by atoms with Gasteiger partial charge in [0.1, 0.15) is 12.6 Å². The maximum Gasteiger partial charge on any atom is 0.408 e. The lowest BCUT2D eigenvalue weighted by Crippen LogP contribution is -2.50. The summed E-state index contributed by atoms with van der Waals surface area (Å²) >= 11 is 0. The van der Waals surface area contributed by atoms with Gasteiger partial charge in [-0.2, -0.15) is 0 Å². The molecule has 1 heterocycles. The Morgan fingerprint density at radius 1 is 1.04 bits per heavy atom. The van der Waals surface area contributed by atoms with Crippen LogP contribution in [0.25, 0.3) is 0 Å². The highest BCUT2D eigenvalue weighted by atomic mass is 16.5. The van der Waals surface area contributed by atoms with Gasteiger partial charge in [0.15, 0.2) is 0 Å². The molecule has 2 aromatic carbocycles. The van der Waals surface area contributed by atoms with Crippen LogP contribution in [-0.4, -0.2) is 36.0 Å². The van der Waals surface area contributed by atoms with E-state index in [2.05, 4.69) is 11.9 Å². The minimum absolute atomic E-state index is 0.0945. The monoisotopic (exact) mass is 378 g/mol. The minimum atomic E-state index is -0.749. The van der Waals surface area contributed by atoms with Crippen molar-refractivity contribution in [1.82, 2.24) is 10.2 Å². The second-order valence-corrected chi connectivity index (χ2v) is 6.89. The van der Waals surface area contributed by atoms with Crippen molar-refractivity contribution < 1.29 is 14.3 Å². The van der Waals surface area contributed by atoms with Gasteiger partial charge >= 0.3 is 6.09 Å². The maximum atomic E-state index is 13.1. The summed E-state index contributed by atoms with van der Waals surface area (Å²) in [7, 11) is 0. The van der Waals surface area contributed by atoms with Crippen molar-refractivity contribution in [1.29, 1.82) is 0 Å². The van der Waals surface area contributed by atoms with E-state index in [0.717, 1.165) is 24.0 Å². The molecule has 146 valence electrons. The molecule has 1 fully saturated rings. The quantitative estimate of drug-likeness (QED) is 0.744. The Hall–Kier alpha value is -3.08. The number of nitrogens with zero attached hydrogens (tertiary/aromatic N) is 1. The standard InChI is InChI=1S/C23H26N2O3/c1-2-20(19-13-7-4-8-14-19)21(22(26)25-15-9-10-16-25)24-23(27)28-17-18-11-5-3-6-12-18/h2-8,11-14,20-21H,1,9-10,15-17H2,(H,24,27)/t20-,21-/m0/s1. The molecule has 1 aliphatic rings. The summed E-state index contributed by atoms with van der Waals surface area (Å²) in [5, 5.41) is 2.79. The molecule has 0 radical (unpaired) electrons. The fourth-order valence-corrected chi connectivity index (χ4v) is 3.47. The number of rotatable bonds is 7. The van der Waals surface area contributed by atoms with Gasteiger partial charge in [-0.1, -0.05) is 66.7 Å². The van der Waals surface area contributed by atoms with Crippen molar-refractivity contribution in [2.24, 2.45) is 0 Å². The van der Waals surface area contributed by atoms with E-state index < -0.39 is 12.1 Å². The fourth-order valence-electron chi connectivity index (χ4n) is 3.47. The van der Waals surface area contributed by atoms with Crippen molar-refractivity contribution in [3.63, 3.8) is 0 Å². The molecule has 0 bridgehead atoms. The number of alkyl carbamates (subject to hydrolysis) is 1. The first-order chi connectivity index (χ1) is 13.7. The van der Waals surface area contributed by atoms with Gasteiger partial charge in [-0.25, -0.2) is 4.79 Å². The fraction of sp³-hybridized carbons (Fsp3) is 0.304. The number of likely N-dealkylation sites (tertiary alicyclic amines) is 1. The molecule has 28 heavy (non-hydrogen) atoms. The second-order valence-electron chi connectivity index (χ2n) is 6.89. The molecule has 3 rings (SSSR count). The smallest absolute Gasteiger partial charge is 0.408 e. The Morgan fingerprint density at radius 2 is 1.64 bits per heavy atom. The molecule has 2 amide bonds. The number of hydrogen-bond acceptors (Lipinski definition) is 3. The molecular weight excluding hydrogens is 352 g/mol. The lowest BCUT2D eigenvalue weighted by Gasteiger charge is -2.29. The topological polar surface area (TPSA) is 58.6 Å². The molecule has 1 saturated heterocycles. The summed E-state index contributed by atoms with van der Waals surface area (Å²) in [5.74, 6) is -0.429. The number of carbonyl (C=O) groups is 2. The molecule has 5 heteroatoms. The van der Waals surface area contributed by atoms with Crippen LogP contribution in [0, 0.1) is 0 Å². The average Bonchev–Trinajstić information content (AvgIpc) is 3.28. The van der Waals surface area contributed by atoms with E-state index in [1.807, 2.05) is 65.6 Å². The molecule has 2 aromatic rings. The van der Waals surface area contributed by atoms with Gasteiger partial charge in [-0.3, -0.25) is 4.79 Å². The maximum absolute atomic E-state index is 13.1. The highest BCUT2D eigenvalue weighted by Gasteiger charge is 2.34. The average molecular weight is 378 g/mol. The molecule has 1 aliphatic heterocycles.